The largest absolute Gasteiger partial charge is 0.444 e. The van der Waals surface area contributed by atoms with Gasteiger partial charge >= 0.3 is 6.09 Å². The topological polar surface area (TPSA) is 64.8 Å². The number of nitrogens with zero attached hydrogens (tertiary/aromatic N) is 1. The number of ether oxygens (including phenoxy) is 2. The molecule has 1 aliphatic heterocycles. The van der Waals surface area contributed by atoms with Crippen LogP contribution in [0.5, 0.6) is 0 Å². The maximum absolute atomic E-state index is 12.1. The zero-order chi connectivity index (χ0) is 13.1. The third kappa shape index (κ3) is 4.91. The van der Waals surface area contributed by atoms with Crippen LogP contribution in [0.4, 0.5) is 4.79 Å². The minimum Gasteiger partial charge on any atom is -0.444 e. The lowest BCUT2D eigenvalue weighted by Gasteiger charge is -2.32. The number of carbonyl (C=O) groups is 1. The van der Waals surface area contributed by atoms with Crippen molar-refractivity contribution in [3.8, 4) is 0 Å². The fourth-order valence-corrected chi connectivity index (χ4v) is 1.77. The van der Waals surface area contributed by atoms with E-state index in [1.165, 1.54) is 0 Å². The van der Waals surface area contributed by atoms with Crippen molar-refractivity contribution in [3.05, 3.63) is 0 Å². The highest BCUT2D eigenvalue weighted by molar-refractivity contribution is 5.68. The molecule has 0 spiro atoms. The summed E-state index contributed by atoms with van der Waals surface area (Å²) in [6.07, 6.45) is 0.552. The molecule has 0 aromatic carbocycles. The Morgan fingerprint density at radius 3 is 2.65 bits per heavy atom. The molecular formula is C12H24N2O3. The van der Waals surface area contributed by atoms with Crippen LogP contribution in [0.2, 0.25) is 0 Å². The van der Waals surface area contributed by atoms with E-state index >= 15 is 0 Å². The van der Waals surface area contributed by atoms with Gasteiger partial charge in [0.15, 0.2) is 0 Å². The summed E-state index contributed by atoms with van der Waals surface area (Å²) in [5, 5.41) is 0. The molecule has 0 aromatic rings. The third-order valence-corrected chi connectivity index (χ3v) is 2.46. The van der Waals surface area contributed by atoms with E-state index < -0.39 is 5.60 Å². The number of nitrogens with two attached hydrogens (primary N) is 1. The maximum atomic E-state index is 12.1. The lowest BCUT2D eigenvalue weighted by molar-refractivity contribution is 0.0137. The van der Waals surface area contributed by atoms with Crippen LogP contribution in [0.1, 0.15) is 34.1 Å². The number of rotatable bonds is 3. The Morgan fingerprint density at radius 2 is 2.24 bits per heavy atom. The average Bonchev–Trinajstić information content (AvgIpc) is 2.63. The van der Waals surface area contributed by atoms with Gasteiger partial charge in [-0.2, -0.15) is 0 Å². The second-order valence-corrected chi connectivity index (χ2v) is 5.63. The summed E-state index contributed by atoms with van der Waals surface area (Å²) >= 11 is 0. The van der Waals surface area contributed by atoms with E-state index in [0.29, 0.717) is 19.8 Å². The van der Waals surface area contributed by atoms with Crippen LogP contribution in [-0.4, -0.2) is 48.4 Å². The van der Waals surface area contributed by atoms with Gasteiger partial charge in [-0.05, 0) is 34.1 Å². The number of carbonyl (C=O) groups excluding carboxylic acids is 1. The Labute approximate surface area is 103 Å². The molecule has 0 radical (unpaired) electrons. The van der Waals surface area contributed by atoms with Crippen molar-refractivity contribution in [3.63, 3.8) is 0 Å². The molecule has 0 bridgehead atoms. The van der Waals surface area contributed by atoms with Gasteiger partial charge in [0.1, 0.15) is 5.60 Å². The first-order chi connectivity index (χ1) is 7.79. The third-order valence-electron chi connectivity index (χ3n) is 2.46. The molecule has 100 valence electrons. The summed E-state index contributed by atoms with van der Waals surface area (Å²) in [5.41, 5.74) is 5.29. The summed E-state index contributed by atoms with van der Waals surface area (Å²) in [5.74, 6) is 0. The highest BCUT2D eigenvalue weighted by Gasteiger charge is 2.31. The van der Waals surface area contributed by atoms with Crippen molar-refractivity contribution in [1.29, 1.82) is 0 Å². The lowest BCUT2D eigenvalue weighted by atomic mass is 10.2. The van der Waals surface area contributed by atoms with Crippen LogP contribution in [0.3, 0.4) is 0 Å². The second-order valence-electron chi connectivity index (χ2n) is 5.63. The molecule has 1 heterocycles. The van der Waals surface area contributed by atoms with Crippen molar-refractivity contribution in [2.75, 3.05) is 19.8 Å². The van der Waals surface area contributed by atoms with Gasteiger partial charge in [0.2, 0.25) is 0 Å². The SMILES string of the molecule is CC(N)CN(C(=O)OC(C)(C)C)C1CCOC1. The van der Waals surface area contributed by atoms with Crippen molar-refractivity contribution in [2.45, 2.75) is 51.8 Å². The van der Waals surface area contributed by atoms with Gasteiger partial charge in [0.25, 0.3) is 0 Å². The van der Waals surface area contributed by atoms with Gasteiger partial charge in [0, 0.05) is 19.2 Å². The molecule has 5 heteroatoms. The molecule has 0 aliphatic carbocycles. The summed E-state index contributed by atoms with van der Waals surface area (Å²) < 4.78 is 10.7. The molecule has 2 unspecified atom stereocenters. The zero-order valence-electron chi connectivity index (χ0n) is 11.2. The minimum absolute atomic E-state index is 0.0666. The molecule has 2 atom stereocenters. The van der Waals surface area contributed by atoms with Crippen molar-refractivity contribution >= 4 is 6.09 Å². The van der Waals surface area contributed by atoms with Gasteiger partial charge in [-0.1, -0.05) is 0 Å². The molecule has 1 fully saturated rings. The van der Waals surface area contributed by atoms with Gasteiger partial charge < -0.3 is 20.1 Å². The zero-order valence-corrected chi connectivity index (χ0v) is 11.2. The van der Waals surface area contributed by atoms with Crippen molar-refractivity contribution in [1.82, 2.24) is 4.90 Å². The Kier molecular flexibility index (Phi) is 4.77. The first-order valence-corrected chi connectivity index (χ1v) is 6.12. The summed E-state index contributed by atoms with van der Waals surface area (Å²) in [6.45, 7) is 9.24. The second kappa shape index (κ2) is 5.69. The van der Waals surface area contributed by atoms with E-state index in [1.807, 2.05) is 27.7 Å². The number of hydrogen-bond donors (Lipinski definition) is 1. The smallest absolute Gasteiger partial charge is 0.410 e. The Morgan fingerprint density at radius 1 is 1.59 bits per heavy atom. The van der Waals surface area contributed by atoms with Crippen molar-refractivity contribution in [2.24, 2.45) is 5.73 Å². The van der Waals surface area contributed by atoms with E-state index in [0.717, 1.165) is 6.42 Å². The van der Waals surface area contributed by atoms with E-state index in [2.05, 4.69) is 0 Å². The van der Waals surface area contributed by atoms with Crippen LogP contribution >= 0.6 is 0 Å². The molecule has 1 amide bonds. The van der Waals surface area contributed by atoms with Crippen LogP contribution in [0, 0.1) is 0 Å². The number of hydrogen-bond acceptors (Lipinski definition) is 4. The Hall–Kier alpha value is -0.810. The van der Waals surface area contributed by atoms with Gasteiger partial charge in [-0.15, -0.1) is 0 Å². The summed E-state index contributed by atoms with van der Waals surface area (Å²) in [7, 11) is 0. The Bertz CT molecular complexity index is 255. The molecule has 1 aliphatic rings. The predicted octanol–water partition coefficient (Wildman–Crippen LogP) is 1.36. The van der Waals surface area contributed by atoms with Crippen LogP contribution < -0.4 is 5.73 Å². The van der Waals surface area contributed by atoms with Gasteiger partial charge in [-0.3, -0.25) is 0 Å². The maximum Gasteiger partial charge on any atom is 0.410 e. The Balaban J connectivity index is 2.64. The monoisotopic (exact) mass is 244 g/mol. The lowest BCUT2D eigenvalue weighted by Crippen LogP contribution is -2.48. The van der Waals surface area contributed by atoms with E-state index in [4.69, 9.17) is 15.2 Å². The molecule has 1 saturated heterocycles. The molecule has 17 heavy (non-hydrogen) atoms. The first-order valence-electron chi connectivity index (χ1n) is 6.12. The number of amides is 1. The molecule has 2 N–H and O–H groups in total. The molecule has 0 aromatic heterocycles. The van der Waals surface area contributed by atoms with Crippen LogP contribution in [0.15, 0.2) is 0 Å². The standard InChI is InChI=1S/C12H24N2O3/c1-9(13)7-14(10-5-6-16-8-10)11(15)17-12(2,3)4/h9-10H,5-8,13H2,1-4H3. The molecular weight excluding hydrogens is 220 g/mol. The quantitative estimate of drug-likeness (QED) is 0.814. The fraction of sp³-hybridized carbons (Fsp3) is 0.917. The molecule has 5 nitrogen and oxygen atoms in total. The van der Waals surface area contributed by atoms with E-state index in [9.17, 15) is 4.79 Å². The minimum atomic E-state index is -0.480. The highest BCUT2D eigenvalue weighted by Crippen LogP contribution is 2.17. The normalized spacial score (nSPS) is 22.3. The van der Waals surface area contributed by atoms with Crippen molar-refractivity contribution < 1.29 is 14.3 Å². The van der Waals surface area contributed by atoms with Crippen LogP contribution in [-0.2, 0) is 9.47 Å². The van der Waals surface area contributed by atoms with Gasteiger partial charge in [0.05, 0.1) is 12.6 Å². The van der Waals surface area contributed by atoms with E-state index in [1.54, 1.807) is 4.90 Å². The summed E-state index contributed by atoms with van der Waals surface area (Å²) in [4.78, 5) is 13.8. The molecule has 1 rings (SSSR count). The summed E-state index contributed by atoms with van der Waals surface area (Å²) in [6, 6.07) is 0.0268. The van der Waals surface area contributed by atoms with Gasteiger partial charge in [-0.25, -0.2) is 4.79 Å². The molecule has 0 saturated carbocycles. The predicted molar refractivity (Wildman–Crippen MR) is 65.8 cm³/mol. The van der Waals surface area contributed by atoms with E-state index in [-0.39, 0.29) is 18.2 Å². The fourth-order valence-electron chi connectivity index (χ4n) is 1.77. The van der Waals surface area contributed by atoms with Crippen LogP contribution in [0.25, 0.3) is 0 Å². The highest BCUT2D eigenvalue weighted by atomic mass is 16.6. The first kappa shape index (κ1) is 14.3. The average molecular weight is 244 g/mol.